The summed E-state index contributed by atoms with van der Waals surface area (Å²) in [6.07, 6.45) is 2.15. The molecule has 12 heteroatoms. The molecule has 40 heavy (non-hydrogen) atoms. The molecule has 0 radical (unpaired) electrons. The molecule has 5 rings (SSSR count). The number of para-hydroxylation sites is 1. The molecule has 0 saturated carbocycles. The van der Waals surface area contributed by atoms with Gasteiger partial charge >= 0.3 is 0 Å². The maximum atomic E-state index is 13.0. The van der Waals surface area contributed by atoms with Gasteiger partial charge in [0.15, 0.2) is 26.8 Å². The molecule has 11 nitrogen and oxygen atoms in total. The van der Waals surface area contributed by atoms with E-state index in [1.807, 2.05) is 13.8 Å². The number of aryl methyl sites for hydroxylation is 1. The third kappa shape index (κ3) is 5.73. The van der Waals surface area contributed by atoms with Crippen molar-refractivity contribution in [3.05, 3.63) is 47.5 Å². The SMILES string of the molecule is Cc1cc(Nc2nc(Nc3ccccc3S(=O)(=O)C(C)C)c3nn[nH]c3n2)c(OC(C)C)cc1C1CCNCC1. The number of anilines is 4. The number of nitrogens with zero attached hydrogens (tertiary/aromatic N) is 4. The van der Waals surface area contributed by atoms with E-state index in [0.717, 1.165) is 37.4 Å². The van der Waals surface area contributed by atoms with Gasteiger partial charge in [0.2, 0.25) is 5.95 Å². The molecule has 212 valence electrons. The predicted molar refractivity (Wildman–Crippen MR) is 157 cm³/mol. The number of H-pyrrole nitrogens is 1. The first-order valence-electron chi connectivity index (χ1n) is 13.6. The molecular weight excluding hydrogens is 528 g/mol. The number of piperidine rings is 1. The second-order valence-corrected chi connectivity index (χ2v) is 13.1. The number of aromatic nitrogens is 5. The number of nitrogens with one attached hydrogen (secondary N) is 4. The van der Waals surface area contributed by atoms with Gasteiger partial charge in [-0.15, -0.1) is 5.10 Å². The third-order valence-corrected chi connectivity index (χ3v) is 9.22. The van der Waals surface area contributed by atoms with Crippen molar-refractivity contribution in [3.63, 3.8) is 0 Å². The van der Waals surface area contributed by atoms with Crippen molar-refractivity contribution in [2.24, 2.45) is 0 Å². The molecular formula is C28H36N8O3S. The second-order valence-electron chi connectivity index (χ2n) is 10.6. The van der Waals surface area contributed by atoms with Crippen LogP contribution >= 0.6 is 0 Å². The fraction of sp³-hybridized carbons (Fsp3) is 0.429. The molecule has 3 heterocycles. The number of aromatic amines is 1. The highest BCUT2D eigenvalue weighted by Crippen LogP contribution is 2.37. The largest absolute Gasteiger partial charge is 0.489 e. The molecule has 4 aromatic rings. The van der Waals surface area contributed by atoms with E-state index < -0.39 is 15.1 Å². The number of fused-ring (bicyclic) bond motifs is 1. The Morgan fingerprint density at radius 1 is 1.00 bits per heavy atom. The van der Waals surface area contributed by atoms with Gasteiger partial charge in [-0.05, 0) is 102 Å². The molecule has 0 unspecified atom stereocenters. The first-order valence-corrected chi connectivity index (χ1v) is 15.2. The fourth-order valence-electron chi connectivity index (χ4n) is 4.94. The molecule has 0 atom stereocenters. The maximum Gasteiger partial charge on any atom is 0.231 e. The van der Waals surface area contributed by atoms with E-state index in [9.17, 15) is 8.42 Å². The highest BCUT2D eigenvalue weighted by atomic mass is 32.2. The Morgan fingerprint density at radius 3 is 2.48 bits per heavy atom. The summed E-state index contributed by atoms with van der Waals surface area (Å²) in [5.74, 6) is 1.81. The molecule has 1 fully saturated rings. The predicted octanol–water partition coefficient (Wildman–Crippen LogP) is 4.98. The fourth-order valence-corrected chi connectivity index (χ4v) is 6.14. The zero-order valence-corrected chi connectivity index (χ0v) is 24.3. The number of benzene rings is 2. The van der Waals surface area contributed by atoms with Crippen molar-refractivity contribution in [1.82, 2.24) is 30.7 Å². The lowest BCUT2D eigenvalue weighted by molar-refractivity contribution is 0.243. The Balaban J connectivity index is 1.53. The summed E-state index contributed by atoms with van der Waals surface area (Å²) in [5, 5.41) is 20.2. The second kappa shape index (κ2) is 11.4. The Hall–Kier alpha value is -3.77. The van der Waals surface area contributed by atoms with E-state index in [1.165, 1.54) is 11.1 Å². The zero-order chi connectivity index (χ0) is 28.4. The van der Waals surface area contributed by atoms with Crippen LogP contribution in [0.25, 0.3) is 11.2 Å². The average molecular weight is 565 g/mol. The van der Waals surface area contributed by atoms with Gasteiger partial charge in [0.25, 0.3) is 0 Å². The van der Waals surface area contributed by atoms with Crippen molar-refractivity contribution in [3.8, 4) is 5.75 Å². The Morgan fingerprint density at radius 2 is 1.75 bits per heavy atom. The van der Waals surface area contributed by atoms with Crippen LogP contribution in [0.2, 0.25) is 0 Å². The summed E-state index contributed by atoms with van der Waals surface area (Å²) in [6.45, 7) is 11.4. The molecule has 2 aromatic heterocycles. The Bertz CT molecular complexity index is 1610. The lowest BCUT2D eigenvalue weighted by atomic mass is 9.87. The summed E-state index contributed by atoms with van der Waals surface area (Å²) >= 11 is 0. The van der Waals surface area contributed by atoms with E-state index in [0.29, 0.717) is 28.6 Å². The van der Waals surface area contributed by atoms with Crippen molar-refractivity contribution >= 4 is 44.1 Å². The van der Waals surface area contributed by atoms with Crippen LogP contribution in [0, 0.1) is 6.92 Å². The molecule has 1 saturated heterocycles. The minimum absolute atomic E-state index is 0.0269. The highest BCUT2D eigenvalue weighted by molar-refractivity contribution is 7.92. The van der Waals surface area contributed by atoms with Gasteiger partial charge in [0.1, 0.15) is 5.75 Å². The number of hydrogen-bond acceptors (Lipinski definition) is 10. The smallest absolute Gasteiger partial charge is 0.231 e. The highest BCUT2D eigenvalue weighted by Gasteiger charge is 2.24. The minimum atomic E-state index is -3.55. The molecule has 2 aromatic carbocycles. The van der Waals surface area contributed by atoms with E-state index in [1.54, 1.807) is 38.1 Å². The molecule has 1 aliphatic rings. The summed E-state index contributed by atoms with van der Waals surface area (Å²) in [6, 6.07) is 11.0. The normalized spacial score (nSPS) is 14.7. The average Bonchev–Trinajstić information content (AvgIpc) is 3.40. The lowest BCUT2D eigenvalue weighted by Crippen LogP contribution is -2.27. The first-order chi connectivity index (χ1) is 19.1. The van der Waals surface area contributed by atoms with Crippen LogP contribution < -0.4 is 20.7 Å². The van der Waals surface area contributed by atoms with Gasteiger partial charge in [-0.2, -0.15) is 9.97 Å². The number of rotatable bonds is 9. The van der Waals surface area contributed by atoms with Gasteiger partial charge in [0, 0.05) is 0 Å². The van der Waals surface area contributed by atoms with Crippen LogP contribution in [-0.2, 0) is 9.84 Å². The van der Waals surface area contributed by atoms with Gasteiger partial charge in [-0.25, -0.2) is 13.5 Å². The van der Waals surface area contributed by atoms with E-state index >= 15 is 0 Å². The summed E-state index contributed by atoms with van der Waals surface area (Å²) < 4.78 is 32.3. The zero-order valence-electron chi connectivity index (χ0n) is 23.4. The van der Waals surface area contributed by atoms with Crippen LogP contribution in [0.4, 0.5) is 23.1 Å². The van der Waals surface area contributed by atoms with Crippen LogP contribution in [0.15, 0.2) is 41.3 Å². The van der Waals surface area contributed by atoms with Gasteiger partial charge in [0.05, 0.1) is 27.6 Å². The quantitative estimate of drug-likeness (QED) is 0.219. The third-order valence-electron chi connectivity index (χ3n) is 7.01. The molecule has 0 aliphatic carbocycles. The standard InChI is InChI=1S/C28H36N8O3S/c1-16(2)39-23-15-20(19-10-12-29-13-11-19)18(5)14-22(23)31-28-32-26(25-27(33-28)35-36-34-25)30-21-8-6-7-9-24(21)40(37,38)17(3)4/h6-9,14-17,19,29H,10-13H2,1-5H3,(H3,30,31,32,33,34,35,36). The summed E-state index contributed by atoms with van der Waals surface area (Å²) in [4.78, 5) is 9.44. The van der Waals surface area contributed by atoms with Crippen LogP contribution in [0.1, 0.15) is 57.6 Å². The Labute approximate surface area is 234 Å². The van der Waals surface area contributed by atoms with E-state index in [2.05, 4.69) is 60.4 Å². The summed E-state index contributed by atoms with van der Waals surface area (Å²) in [7, 11) is -3.55. The van der Waals surface area contributed by atoms with Gasteiger partial charge in [-0.3, -0.25) is 0 Å². The molecule has 0 spiro atoms. The number of hydrogen-bond donors (Lipinski definition) is 4. The van der Waals surface area contributed by atoms with E-state index in [-0.39, 0.29) is 16.9 Å². The summed E-state index contributed by atoms with van der Waals surface area (Å²) in [5.41, 5.74) is 4.39. The lowest BCUT2D eigenvalue weighted by Gasteiger charge is -2.26. The molecule has 0 bridgehead atoms. The topological polar surface area (TPSA) is 147 Å². The van der Waals surface area contributed by atoms with Crippen molar-refractivity contribution in [2.45, 2.75) is 69.6 Å². The monoisotopic (exact) mass is 564 g/mol. The van der Waals surface area contributed by atoms with Crippen LogP contribution in [-0.4, -0.2) is 58.2 Å². The van der Waals surface area contributed by atoms with Crippen molar-refractivity contribution < 1.29 is 13.2 Å². The van der Waals surface area contributed by atoms with Crippen molar-refractivity contribution in [2.75, 3.05) is 23.7 Å². The molecule has 1 aliphatic heterocycles. The molecule has 0 amide bonds. The minimum Gasteiger partial charge on any atom is -0.489 e. The number of ether oxygens (including phenoxy) is 1. The molecule has 4 N–H and O–H groups in total. The van der Waals surface area contributed by atoms with E-state index in [4.69, 9.17) is 4.74 Å². The van der Waals surface area contributed by atoms with Gasteiger partial charge in [-0.1, -0.05) is 17.3 Å². The Kier molecular flexibility index (Phi) is 7.90. The maximum absolute atomic E-state index is 13.0. The van der Waals surface area contributed by atoms with Crippen molar-refractivity contribution in [1.29, 1.82) is 0 Å². The van der Waals surface area contributed by atoms with Gasteiger partial charge < -0.3 is 20.7 Å². The first kappa shape index (κ1) is 27.8. The number of sulfone groups is 1. The van der Waals surface area contributed by atoms with Crippen LogP contribution in [0.3, 0.4) is 0 Å². The van der Waals surface area contributed by atoms with Crippen LogP contribution in [0.5, 0.6) is 5.75 Å².